The molecule has 0 radical (unpaired) electrons. The highest BCUT2D eigenvalue weighted by molar-refractivity contribution is 5.86. The Morgan fingerprint density at radius 1 is 1.03 bits per heavy atom. The van der Waals surface area contributed by atoms with Gasteiger partial charge in [0.2, 0.25) is 0 Å². The van der Waals surface area contributed by atoms with Crippen molar-refractivity contribution in [3.63, 3.8) is 0 Å². The molecule has 5 rings (SSSR count). The molecule has 0 spiro atoms. The van der Waals surface area contributed by atoms with Crippen LogP contribution < -0.4 is 5.32 Å². The van der Waals surface area contributed by atoms with E-state index in [1.807, 2.05) is 4.90 Å². The number of para-hydroxylation sites is 1. The lowest BCUT2D eigenvalue weighted by Crippen LogP contribution is -2.49. The van der Waals surface area contributed by atoms with Gasteiger partial charge >= 0.3 is 6.03 Å². The van der Waals surface area contributed by atoms with Crippen LogP contribution in [0.4, 0.5) is 4.79 Å². The third-order valence-electron chi connectivity index (χ3n) is 6.62. The van der Waals surface area contributed by atoms with Crippen LogP contribution in [0, 0.1) is 6.92 Å². The molecule has 0 bridgehead atoms. The van der Waals surface area contributed by atoms with Gasteiger partial charge in [0.1, 0.15) is 0 Å². The van der Waals surface area contributed by atoms with E-state index in [0.717, 1.165) is 31.3 Å². The Hall–Kier alpha value is -2.75. The van der Waals surface area contributed by atoms with E-state index in [9.17, 15) is 4.79 Å². The number of H-pyrrole nitrogens is 1. The number of aromatic amines is 1. The van der Waals surface area contributed by atoms with Gasteiger partial charge < -0.3 is 15.2 Å². The van der Waals surface area contributed by atoms with Crippen LogP contribution >= 0.6 is 0 Å². The van der Waals surface area contributed by atoms with E-state index in [2.05, 4.69) is 65.8 Å². The first-order chi connectivity index (χ1) is 14.2. The Labute approximate surface area is 172 Å². The number of aryl methyl sites for hydroxylation is 1. The molecule has 0 saturated heterocycles. The number of rotatable bonds is 2. The molecule has 1 saturated carbocycles. The molecule has 2 N–H and O–H groups in total. The molecule has 2 aliphatic rings. The maximum atomic E-state index is 13.3. The van der Waals surface area contributed by atoms with E-state index in [1.165, 1.54) is 47.0 Å². The number of urea groups is 1. The van der Waals surface area contributed by atoms with E-state index in [-0.39, 0.29) is 12.1 Å². The van der Waals surface area contributed by atoms with Crippen LogP contribution in [0.3, 0.4) is 0 Å². The fraction of sp³-hybridized carbons (Fsp3) is 0.400. The van der Waals surface area contributed by atoms with Crippen molar-refractivity contribution >= 4 is 16.9 Å². The van der Waals surface area contributed by atoms with Gasteiger partial charge in [-0.25, -0.2) is 4.79 Å². The lowest BCUT2D eigenvalue weighted by Gasteiger charge is -2.37. The van der Waals surface area contributed by atoms with E-state index in [1.54, 1.807) is 0 Å². The average molecular weight is 388 g/mol. The summed E-state index contributed by atoms with van der Waals surface area (Å²) in [6, 6.07) is 17.4. The molecule has 29 heavy (non-hydrogen) atoms. The molecule has 1 aliphatic heterocycles. The number of nitrogens with one attached hydrogen (secondary N) is 2. The number of amides is 2. The van der Waals surface area contributed by atoms with Crippen LogP contribution in [0.15, 0.2) is 48.5 Å². The monoisotopic (exact) mass is 387 g/mol. The fourth-order valence-corrected chi connectivity index (χ4v) is 5.06. The second-order valence-corrected chi connectivity index (χ2v) is 8.60. The second-order valence-electron chi connectivity index (χ2n) is 8.60. The van der Waals surface area contributed by atoms with Gasteiger partial charge in [0.05, 0.1) is 6.04 Å². The Balaban J connectivity index is 1.53. The minimum Gasteiger partial charge on any atom is -0.356 e. The Kier molecular flexibility index (Phi) is 4.78. The fourth-order valence-electron chi connectivity index (χ4n) is 5.06. The molecule has 1 aliphatic carbocycles. The van der Waals surface area contributed by atoms with Crippen molar-refractivity contribution in [3.8, 4) is 0 Å². The molecular formula is C25H29N3O. The minimum atomic E-state index is -0.0738. The zero-order chi connectivity index (χ0) is 19.8. The predicted molar refractivity (Wildman–Crippen MR) is 117 cm³/mol. The first-order valence-corrected chi connectivity index (χ1v) is 10.9. The molecule has 2 amide bonds. The van der Waals surface area contributed by atoms with E-state index < -0.39 is 0 Å². The Morgan fingerprint density at radius 2 is 1.79 bits per heavy atom. The summed E-state index contributed by atoms with van der Waals surface area (Å²) in [6.07, 6.45) is 6.83. The quantitative estimate of drug-likeness (QED) is 0.602. The van der Waals surface area contributed by atoms with E-state index in [4.69, 9.17) is 0 Å². The maximum absolute atomic E-state index is 13.3. The van der Waals surface area contributed by atoms with Crippen LogP contribution in [-0.2, 0) is 6.42 Å². The molecule has 1 atom stereocenters. The van der Waals surface area contributed by atoms with Gasteiger partial charge in [-0.2, -0.15) is 0 Å². The van der Waals surface area contributed by atoms with Crippen LogP contribution in [0.5, 0.6) is 0 Å². The van der Waals surface area contributed by atoms with Crippen molar-refractivity contribution in [2.24, 2.45) is 0 Å². The number of carbonyl (C=O) groups excluding carboxylic acids is 1. The SMILES string of the molecule is Cc1ccc([C@H]2c3[nH]c4ccccc4c3CCN2C(=O)NC2CCCCC2)cc1. The summed E-state index contributed by atoms with van der Waals surface area (Å²) in [7, 11) is 0. The largest absolute Gasteiger partial charge is 0.356 e. The van der Waals surface area contributed by atoms with Crippen LogP contribution in [-0.4, -0.2) is 28.5 Å². The van der Waals surface area contributed by atoms with Gasteiger partial charge in [0.15, 0.2) is 0 Å². The molecule has 2 aromatic carbocycles. The number of hydrogen-bond acceptors (Lipinski definition) is 1. The highest BCUT2D eigenvalue weighted by Gasteiger charge is 2.35. The van der Waals surface area contributed by atoms with Crippen molar-refractivity contribution in [3.05, 3.63) is 70.9 Å². The summed E-state index contributed by atoms with van der Waals surface area (Å²) >= 11 is 0. The molecule has 3 aromatic rings. The van der Waals surface area contributed by atoms with E-state index >= 15 is 0 Å². The van der Waals surface area contributed by atoms with Gasteiger partial charge in [0.25, 0.3) is 0 Å². The highest BCUT2D eigenvalue weighted by atomic mass is 16.2. The number of hydrogen-bond donors (Lipinski definition) is 2. The number of fused-ring (bicyclic) bond motifs is 3. The third kappa shape index (κ3) is 3.41. The van der Waals surface area contributed by atoms with Crippen LogP contribution in [0.2, 0.25) is 0 Å². The lowest BCUT2D eigenvalue weighted by atomic mass is 9.92. The van der Waals surface area contributed by atoms with Crippen molar-refractivity contribution in [2.45, 2.75) is 57.5 Å². The topological polar surface area (TPSA) is 48.1 Å². The summed E-state index contributed by atoms with van der Waals surface area (Å²) in [4.78, 5) is 19.0. The molecular weight excluding hydrogens is 358 g/mol. The summed E-state index contributed by atoms with van der Waals surface area (Å²) in [5.41, 5.74) is 6.08. The van der Waals surface area contributed by atoms with Gasteiger partial charge in [-0.3, -0.25) is 0 Å². The average Bonchev–Trinajstić information content (AvgIpc) is 3.13. The molecule has 2 heterocycles. The molecule has 4 heteroatoms. The number of aromatic nitrogens is 1. The first-order valence-electron chi connectivity index (χ1n) is 10.9. The molecule has 0 unspecified atom stereocenters. The summed E-state index contributed by atoms with van der Waals surface area (Å²) in [5.74, 6) is 0. The minimum absolute atomic E-state index is 0.0738. The number of benzene rings is 2. The van der Waals surface area contributed by atoms with Gasteiger partial charge in [0, 0.05) is 29.2 Å². The van der Waals surface area contributed by atoms with Crippen LogP contribution in [0.1, 0.15) is 60.5 Å². The lowest BCUT2D eigenvalue weighted by molar-refractivity contribution is 0.172. The van der Waals surface area contributed by atoms with Gasteiger partial charge in [-0.15, -0.1) is 0 Å². The third-order valence-corrected chi connectivity index (χ3v) is 6.62. The number of carbonyl (C=O) groups is 1. The molecule has 1 aromatic heterocycles. The Bertz CT molecular complexity index is 1010. The van der Waals surface area contributed by atoms with Crippen molar-refractivity contribution in [1.29, 1.82) is 0 Å². The normalized spacial score (nSPS) is 19.9. The molecule has 4 nitrogen and oxygen atoms in total. The van der Waals surface area contributed by atoms with Gasteiger partial charge in [-0.1, -0.05) is 67.3 Å². The highest BCUT2D eigenvalue weighted by Crippen LogP contribution is 2.38. The van der Waals surface area contributed by atoms with E-state index in [0.29, 0.717) is 6.04 Å². The van der Waals surface area contributed by atoms with Gasteiger partial charge in [-0.05, 0) is 43.4 Å². The summed E-state index contributed by atoms with van der Waals surface area (Å²) in [5, 5.41) is 4.62. The smallest absolute Gasteiger partial charge is 0.318 e. The van der Waals surface area contributed by atoms with Crippen molar-refractivity contribution < 1.29 is 4.79 Å². The molecule has 1 fully saturated rings. The maximum Gasteiger partial charge on any atom is 0.318 e. The first kappa shape index (κ1) is 18.3. The summed E-state index contributed by atoms with van der Waals surface area (Å²) in [6.45, 7) is 2.85. The molecule has 150 valence electrons. The van der Waals surface area contributed by atoms with Crippen molar-refractivity contribution in [2.75, 3.05) is 6.54 Å². The second kappa shape index (κ2) is 7.58. The zero-order valence-electron chi connectivity index (χ0n) is 17.1. The standard InChI is InChI=1S/C25H29N3O/c1-17-11-13-18(14-12-17)24-23-21(20-9-5-6-10-22(20)27-23)15-16-28(24)25(29)26-19-7-3-2-4-8-19/h5-6,9-14,19,24,27H,2-4,7-8,15-16H2,1H3,(H,26,29)/t24-/m0/s1. The van der Waals surface area contributed by atoms with Crippen LogP contribution in [0.25, 0.3) is 10.9 Å². The summed E-state index contributed by atoms with van der Waals surface area (Å²) < 4.78 is 0. The predicted octanol–water partition coefficient (Wildman–Crippen LogP) is 5.47. The number of nitrogens with zero attached hydrogens (tertiary/aromatic N) is 1. The zero-order valence-corrected chi connectivity index (χ0v) is 17.1. The Morgan fingerprint density at radius 3 is 2.59 bits per heavy atom. The van der Waals surface area contributed by atoms with Crippen molar-refractivity contribution in [1.82, 2.24) is 15.2 Å².